The Labute approximate surface area is 187 Å². The van der Waals surface area contributed by atoms with Gasteiger partial charge in [0.1, 0.15) is 6.10 Å². The second-order valence-corrected chi connectivity index (χ2v) is 9.04. The fourth-order valence-electron chi connectivity index (χ4n) is 4.03. The summed E-state index contributed by atoms with van der Waals surface area (Å²) in [7, 11) is 0. The van der Waals surface area contributed by atoms with Crippen LogP contribution in [0.1, 0.15) is 28.5 Å². The third kappa shape index (κ3) is 5.05. The first-order chi connectivity index (χ1) is 15.3. The molecule has 1 fully saturated rings. The van der Waals surface area contributed by atoms with E-state index in [4.69, 9.17) is 14.2 Å². The monoisotopic (exact) mass is 430 g/mol. The van der Waals surface area contributed by atoms with Crippen LogP contribution in [0.5, 0.6) is 0 Å². The Hall–Kier alpha value is -2.50. The van der Waals surface area contributed by atoms with Gasteiger partial charge in [0.05, 0.1) is 32.0 Å². The van der Waals surface area contributed by atoms with Crippen LogP contribution in [0.2, 0.25) is 0 Å². The molecule has 1 aromatic heterocycles. The zero-order valence-electron chi connectivity index (χ0n) is 17.4. The molecule has 0 bridgehead atoms. The molecule has 5 rings (SSSR count). The zero-order valence-corrected chi connectivity index (χ0v) is 18.2. The van der Waals surface area contributed by atoms with E-state index in [0.29, 0.717) is 19.8 Å². The number of rotatable bonds is 8. The van der Waals surface area contributed by atoms with Gasteiger partial charge in [-0.2, -0.15) is 0 Å². The Balaban J connectivity index is 1.27. The van der Waals surface area contributed by atoms with Gasteiger partial charge >= 0.3 is 0 Å². The van der Waals surface area contributed by atoms with Gasteiger partial charge < -0.3 is 14.2 Å². The van der Waals surface area contributed by atoms with Gasteiger partial charge in [0.15, 0.2) is 0 Å². The highest BCUT2D eigenvalue weighted by Crippen LogP contribution is 2.40. The first-order valence-electron chi connectivity index (χ1n) is 10.8. The van der Waals surface area contributed by atoms with Crippen molar-refractivity contribution in [3.05, 3.63) is 107 Å². The summed E-state index contributed by atoms with van der Waals surface area (Å²) in [6, 6.07) is 31.3. The number of benzene rings is 3. The molecule has 4 aromatic rings. The van der Waals surface area contributed by atoms with Gasteiger partial charge in [0.25, 0.3) is 0 Å². The molecule has 0 N–H and O–H groups in total. The second-order valence-electron chi connectivity index (χ2n) is 7.92. The molecule has 31 heavy (non-hydrogen) atoms. The maximum Gasteiger partial charge on any atom is 0.108 e. The molecule has 0 unspecified atom stereocenters. The first kappa shape index (κ1) is 20.4. The molecule has 1 aliphatic rings. The van der Waals surface area contributed by atoms with Crippen LogP contribution in [0.3, 0.4) is 0 Å². The van der Waals surface area contributed by atoms with Gasteiger partial charge in [-0.1, -0.05) is 78.9 Å². The summed E-state index contributed by atoms with van der Waals surface area (Å²) in [6.45, 7) is 1.69. The number of ether oxygens (including phenoxy) is 3. The van der Waals surface area contributed by atoms with E-state index >= 15 is 0 Å². The number of thiophene rings is 1. The molecule has 0 spiro atoms. The molecular weight excluding hydrogens is 404 g/mol. The van der Waals surface area contributed by atoms with Crippen molar-refractivity contribution in [2.45, 2.75) is 37.9 Å². The predicted molar refractivity (Wildman–Crippen MR) is 125 cm³/mol. The molecule has 3 nitrogen and oxygen atoms in total. The minimum atomic E-state index is -0.0809. The van der Waals surface area contributed by atoms with Gasteiger partial charge in [-0.25, -0.2) is 0 Å². The maximum absolute atomic E-state index is 6.48. The summed E-state index contributed by atoms with van der Waals surface area (Å²) in [5.41, 5.74) is 2.35. The van der Waals surface area contributed by atoms with Gasteiger partial charge in [-0.3, -0.25) is 0 Å². The summed E-state index contributed by atoms with van der Waals surface area (Å²) in [5, 5.41) is 1.27. The lowest BCUT2D eigenvalue weighted by Gasteiger charge is -2.19. The fraction of sp³-hybridized carbons (Fsp3) is 0.259. The number of hydrogen-bond donors (Lipinski definition) is 0. The van der Waals surface area contributed by atoms with Crippen molar-refractivity contribution in [3.63, 3.8) is 0 Å². The van der Waals surface area contributed by atoms with E-state index in [2.05, 4.69) is 54.6 Å². The molecule has 0 amide bonds. The van der Waals surface area contributed by atoms with E-state index in [0.717, 1.165) is 6.42 Å². The van der Waals surface area contributed by atoms with Gasteiger partial charge in [0, 0.05) is 16.0 Å². The van der Waals surface area contributed by atoms with Crippen molar-refractivity contribution in [3.8, 4) is 0 Å². The summed E-state index contributed by atoms with van der Waals surface area (Å²) in [6.07, 6.45) is 0.816. The molecule has 3 atom stereocenters. The Morgan fingerprint density at radius 3 is 2.23 bits per heavy atom. The van der Waals surface area contributed by atoms with E-state index in [-0.39, 0.29) is 18.3 Å². The van der Waals surface area contributed by atoms with E-state index in [1.165, 1.54) is 26.1 Å². The SMILES string of the molecule is c1ccc(COC[C@H]2O[C@H](c3cc4ccccc4s3)C[C@@H]2OCc2ccccc2)cc1. The highest BCUT2D eigenvalue weighted by Gasteiger charge is 2.37. The number of hydrogen-bond acceptors (Lipinski definition) is 4. The fourth-order valence-corrected chi connectivity index (χ4v) is 5.14. The summed E-state index contributed by atoms with van der Waals surface area (Å²) in [4.78, 5) is 1.26. The van der Waals surface area contributed by atoms with Crippen LogP contribution in [-0.2, 0) is 27.4 Å². The van der Waals surface area contributed by atoms with Crippen LogP contribution in [0.15, 0.2) is 91.0 Å². The average molecular weight is 431 g/mol. The Morgan fingerprint density at radius 1 is 0.806 bits per heavy atom. The predicted octanol–water partition coefficient (Wildman–Crippen LogP) is 6.53. The van der Waals surface area contributed by atoms with E-state index < -0.39 is 0 Å². The quantitative estimate of drug-likeness (QED) is 0.318. The molecule has 0 saturated carbocycles. The lowest BCUT2D eigenvalue weighted by atomic mass is 10.1. The molecule has 3 aromatic carbocycles. The Kier molecular flexibility index (Phi) is 6.42. The van der Waals surface area contributed by atoms with Crippen LogP contribution >= 0.6 is 11.3 Å². The standard InChI is InChI=1S/C27H26O3S/c1-3-9-20(10-4-1)17-28-19-25-23(29-18-21-11-5-2-6-12-21)16-24(30-25)27-15-22-13-7-8-14-26(22)31-27/h1-15,23-25H,16-19H2/t23-,24-,25+/m0/s1. The van der Waals surface area contributed by atoms with Crippen LogP contribution in [0.4, 0.5) is 0 Å². The summed E-state index contributed by atoms with van der Waals surface area (Å²) < 4.78 is 20.1. The molecule has 0 radical (unpaired) electrons. The van der Waals surface area contributed by atoms with Crippen molar-refractivity contribution >= 4 is 21.4 Å². The minimum absolute atomic E-state index is 0.00573. The van der Waals surface area contributed by atoms with Crippen LogP contribution in [0.25, 0.3) is 10.1 Å². The van der Waals surface area contributed by atoms with E-state index in [9.17, 15) is 0 Å². The topological polar surface area (TPSA) is 27.7 Å². The minimum Gasteiger partial charge on any atom is -0.374 e. The van der Waals surface area contributed by atoms with E-state index in [1.54, 1.807) is 0 Å². The normalized spacial score (nSPS) is 21.0. The zero-order chi connectivity index (χ0) is 20.9. The maximum atomic E-state index is 6.48. The number of fused-ring (bicyclic) bond motifs is 1. The Bertz CT molecular complexity index is 1060. The molecule has 1 saturated heterocycles. The summed E-state index contributed by atoms with van der Waals surface area (Å²) >= 11 is 1.81. The molecule has 2 heterocycles. The van der Waals surface area contributed by atoms with Gasteiger partial charge in [-0.05, 0) is 28.6 Å². The molecule has 1 aliphatic heterocycles. The third-order valence-electron chi connectivity index (χ3n) is 5.66. The van der Waals surface area contributed by atoms with E-state index in [1.807, 2.05) is 47.7 Å². The highest BCUT2D eigenvalue weighted by molar-refractivity contribution is 7.19. The molecular formula is C27H26O3S. The second kappa shape index (κ2) is 9.75. The van der Waals surface area contributed by atoms with Crippen molar-refractivity contribution in [2.24, 2.45) is 0 Å². The van der Waals surface area contributed by atoms with Crippen LogP contribution in [0, 0.1) is 0 Å². The van der Waals surface area contributed by atoms with Crippen molar-refractivity contribution in [1.82, 2.24) is 0 Å². The lowest BCUT2D eigenvalue weighted by molar-refractivity contribution is -0.0711. The molecule has 0 aliphatic carbocycles. The highest BCUT2D eigenvalue weighted by atomic mass is 32.1. The van der Waals surface area contributed by atoms with Crippen molar-refractivity contribution < 1.29 is 14.2 Å². The molecule has 158 valence electrons. The average Bonchev–Trinajstić information content (AvgIpc) is 3.43. The van der Waals surface area contributed by atoms with Crippen molar-refractivity contribution in [1.29, 1.82) is 0 Å². The van der Waals surface area contributed by atoms with Gasteiger partial charge in [0.2, 0.25) is 0 Å². The summed E-state index contributed by atoms with van der Waals surface area (Å²) in [5.74, 6) is 0. The lowest BCUT2D eigenvalue weighted by Crippen LogP contribution is -2.29. The first-order valence-corrected chi connectivity index (χ1v) is 11.6. The smallest absolute Gasteiger partial charge is 0.108 e. The Morgan fingerprint density at radius 2 is 1.48 bits per heavy atom. The largest absolute Gasteiger partial charge is 0.374 e. The van der Waals surface area contributed by atoms with Crippen LogP contribution in [-0.4, -0.2) is 18.8 Å². The molecule has 4 heteroatoms. The van der Waals surface area contributed by atoms with Crippen molar-refractivity contribution in [2.75, 3.05) is 6.61 Å². The third-order valence-corrected chi connectivity index (χ3v) is 6.87. The van der Waals surface area contributed by atoms with Crippen LogP contribution < -0.4 is 0 Å². The van der Waals surface area contributed by atoms with Gasteiger partial charge in [-0.15, -0.1) is 11.3 Å².